The molecule has 0 aromatic rings. The maximum absolute atomic E-state index is 12.1. The fourth-order valence-electron chi connectivity index (χ4n) is 2.84. The highest BCUT2D eigenvalue weighted by atomic mass is 19.4. The number of alkyl halides is 3. The molecule has 0 unspecified atom stereocenters. The molecule has 0 aromatic carbocycles. The number of carbonyl (C=O) groups excluding carboxylic acids is 1. The molecular weight excluding hydrogens is 327 g/mol. The standard InChI is InChI=1S/C15H28F3N3O3/c1-4-14(23-5-2,24-6-3)21-11-9-20(10-12-21)8-7-19-13(22)15(16,17)18/h4-12H2,1-3H3,(H,19,22). The molecule has 1 amide bonds. The largest absolute Gasteiger partial charge is 0.471 e. The van der Waals surface area contributed by atoms with E-state index in [0.29, 0.717) is 52.4 Å². The van der Waals surface area contributed by atoms with Crippen LogP contribution in [0.15, 0.2) is 0 Å². The molecule has 1 fully saturated rings. The summed E-state index contributed by atoms with van der Waals surface area (Å²) >= 11 is 0. The van der Waals surface area contributed by atoms with Gasteiger partial charge >= 0.3 is 12.1 Å². The lowest BCUT2D eigenvalue weighted by atomic mass is 10.2. The average Bonchev–Trinajstić information content (AvgIpc) is 2.54. The highest BCUT2D eigenvalue weighted by molar-refractivity contribution is 5.81. The van der Waals surface area contributed by atoms with Gasteiger partial charge in [0, 0.05) is 58.9 Å². The van der Waals surface area contributed by atoms with E-state index in [1.807, 2.05) is 31.0 Å². The number of nitrogens with zero attached hydrogens (tertiary/aromatic N) is 2. The molecule has 1 aliphatic heterocycles. The fourth-order valence-corrected chi connectivity index (χ4v) is 2.84. The summed E-state index contributed by atoms with van der Waals surface area (Å²) in [5.41, 5.74) is 0. The Kier molecular flexibility index (Phi) is 8.41. The molecule has 9 heteroatoms. The van der Waals surface area contributed by atoms with Gasteiger partial charge in [-0.2, -0.15) is 13.2 Å². The lowest BCUT2D eigenvalue weighted by molar-refractivity contribution is -0.321. The maximum atomic E-state index is 12.1. The third-order valence-corrected chi connectivity index (χ3v) is 4.01. The van der Waals surface area contributed by atoms with Gasteiger partial charge in [-0.3, -0.25) is 9.69 Å². The Morgan fingerprint density at radius 1 is 1.04 bits per heavy atom. The zero-order valence-electron chi connectivity index (χ0n) is 14.6. The molecule has 1 saturated heterocycles. The normalized spacial score (nSPS) is 17.9. The van der Waals surface area contributed by atoms with Crippen LogP contribution in [-0.2, 0) is 14.3 Å². The van der Waals surface area contributed by atoms with Crippen LogP contribution in [0.1, 0.15) is 27.2 Å². The van der Waals surface area contributed by atoms with E-state index in [1.54, 1.807) is 0 Å². The number of nitrogens with one attached hydrogen (secondary N) is 1. The van der Waals surface area contributed by atoms with Gasteiger partial charge in [-0.15, -0.1) is 0 Å². The Labute approximate surface area is 141 Å². The van der Waals surface area contributed by atoms with Crippen molar-refractivity contribution in [3.8, 4) is 0 Å². The first-order valence-electron chi connectivity index (χ1n) is 8.39. The van der Waals surface area contributed by atoms with Gasteiger partial charge in [0.2, 0.25) is 5.91 Å². The predicted octanol–water partition coefficient (Wildman–Crippen LogP) is 1.42. The SMILES string of the molecule is CCOC(CC)(OCC)N1CCN(CCNC(=O)C(F)(F)F)CC1. The van der Waals surface area contributed by atoms with Crippen molar-refractivity contribution in [2.45, 2.75) is 39.3 Å². The Hall–Kier alpha value is -0.900. The third kappa shape index (κ3) is 5.87. The summed E-state index contributed by atoms with van der Waals surface area (Å²) < 4.78 is 48.1. The third-order valence-electron chi connectivity index (χ3n) is 4.01. The number of ether oxygens (including phenoxy) is 2. The van der Waals surface area contributed by atoms with Gasteiger partial charge in [0.15, 0.2) is 0 Å². The Bertz CT molecular complexity index is 380. The smallest absolute Gasteiger partial charge is 0.347 e. The van der Waals surface area contributed by atoms with Crippen LogP contribution in [0.2, 0.25) is 0 Å². The van der Waals surface area contributed by atoms with Crippen LogP contribution in [0, 0.1) is 0 Å². The first-order valence-corrected chi connectivity index (χ1v) is 8.39. The Balaban J connectivity index is 2.43. The number of carbonyl (C=O) groups is 1. The minimum Gasteiger partial charge on any atom is -0.347 e. The molecule has 142 valence electrons. The van der Waals surface area contributed by atoms with Crippen molar-refractivity contribution in [1.29, 1.82) is 0 Å². The number of rotatable bonds is 9. The number of hydrogen-bond acceptors (Lipinski definition) is 5. The molecule has 0 bridgehead atoms. The van der Waals surface area contributed by atoms with Crippen LogP contribution in [0.3, 0.4) is 0 Å². The predicted molar refractivity (Wildman–Crippen MR) is 83.4 cm³/mol. The summed E-state index contributed by atoms with van der Waals surface area (Å²) in [6, 6.07) is 0. The van der Waals surface area contributed by atoms with Gasteiger partial charge in [0.1, 0.15) is 0 Å². The van der Waals surface area contributed by atoms with Crippen molar-refractivity contribution in [2.75, 3.05) is 52.5 Å². The molecule has 0 atom stereocenters. The number of piperazine rings is 1. The summed E-state index contributed by atoms with van der Waals surface area (Å²) in [7, 11) is 0. The van der Waals surface area contributed by atoms with E-state index in [9.17, 15) is 18.0 Å². The molecular formula is C15H28F3N3O3. The van der Waals surface area contributed by atoms with Crippen LogP contribution in [0.5, 0.6) is 0 Å². The quantitative estimate of drug-likeness (QED) is 0.634. The zero-order chi connectivity index (χ0) is 18.2. The van der Waals surface area contributed by atoms with Crippen molar-refractivity contribution in [3.05, 3.63) is 0 Å². The summed E-state index contributed by atoms with van der Waals surface area (Å²) in [4.78, 5) is 14.9. The number of amides is 1. The van der Waals surface area contributed by atoms with Crippen LogP contribution in [0.4, 0.5) is 13.2 Å². The van der Waals surface area contributed by atoms with Crippen LogP contribution < -0.4 is 5.32 Å². The summed E-state index contributed by atoms with van der Waals surface area (Å²) in [5.74, 6) is -2.63. The monoisotopic (exact) mass is 355 g/mol. The molecule has 0 aromatic heterocycles. The van der Waals surface area contributed by atoms with Gasteiger partial charge in [0.05, 0.1) is 0 Å². The second kappa shape index (κ2) is 9.55. The van der Waals surface area contributed by atoms with Crippen LogP contribution in [-0.4, -0.2) is 80.3 Å². The maximum Gasteiger partial charge on any atom is 0.471 e. The minimum absolute atomic E-state index is 0.0197. The molecule has 1 rings (SSSR count). The van der Waals surface area contributed by atoms with E-state index in [-0.39, 0.29) is 6.54 Å². The van der Waals surface area contributed by atoms with Crippen LogP contribution >= 0.6 is 0 Å². The lowest BCUT2D eigenvalue weighted by Gasteiger charge is -2.46. The van der Waals surface area contributed by atoms with Crippen LogP contribution in [0.25, 0.3) is 0 Å². The average molecular weight is 355 g/mol. The van der Waals surface area contributed by atoms with E-state index < -0.39 is 18.0 Å². The highest BCUT2D eigenvalue weighted by Crippen LogP contribution is 2.25. The van der Waals surface area contributed by atoms with Crippen molar-refractivity contribution >= 4 is 5.91 Å². The summed E-state index contributed by atoms with van der Waals surface area (Å²) in [6.07, 6.45) is -4.13. The first kappa shape index (κ1) is 21.1. The van der Waals surface area contributed by atoms with Gasteiger partial charge in [-0.25, -0.2) is 4.90 Å². The molecule has 0 spiro atoms. The van der Waals surface area contributed by atoms with E-state index in [4.69, 9.17) is 9.47 Å². The van der Waals surface area contributed by atoms with E-state index in [0.717, 1.165) is 0 Å². The zero-order valence-corrected chi connectivity index (χ0v) is 14.6. The topological polar surface area (TPSA) is 54.0 Å². The van der Waals surface area contributed by atoms with Crippen molar-refractivity contribution < 1.29 is 27.4 Å². The second-order valence-electron chi connectivity index (χ2n) is 5.51. The van der Waals surface area contributed by atoms with Gasteiger partial charge < -0.3 is 14.8 Å². The molecule has 24 heavy (non-hydrogen) atoms. The lowest BCUT2D eigenvalue weighted by Crippen LogP contribution is -2.60. The summed E-state index contributed by atoms with van der Waals surface area (Å²) in [5, 5.41) is 1.89. The molecule has 0 radical (unpaired) electrons. The second-order valence-corrected chi connectivity index (χ2v) is 5.51. The first-order chi connectivity index (χ1) is 11.3. The molecule has 1 aliphatic rings. The molecule has 6 nitrogen and oxygen atoms in total. The number of halogens is 3. The van der Waals surface area contributed by atoms with Crippen molar-refractivity contribution in [2.24, 2.45) is 0 Å². The number of hydrogen-bond donors (Lipinski definition) is 1. The Morgan fingerprint density at radius 3 is 2.00 bits per heavy atom. The molecule has 0 saturated carbocycles. The van der Waals surface area contributed by atoms with Crippen molar-refractivity contribution in [3.63, 3.8) is 0 Å². The van der Waals surface area contributed by atoms with Crippen molar-refractivity contribution in [1.82, 2.24) is 15.1 Å². The Morgan fingerprint density at radius 2 is 1.58 bits per heavy atom. The van der Waals surface area contributed by atoms with Gasteiger partial charge in [0.25, 0.3) is 0 Å². The molecule has 1 heterocycles. The fraction of sp³-hybridized carbons (Fsp3) is 0.933. The summed E-state index contributed by atoms with van der Waals surface area (Å²) in [6.45, 7) is 10.0. The molecule has 0 aliphatic carbocycles. The van der Waals surface area contributed by atoms with Gasteiger partial charge in [-0.05, 0) is 13.8 Å². The van der Waals surface area contributed by atoms with E-state index in [2.05, 4.69) is 4.90 Å². The van der Waals surface area contributed by atoms with E-state index >= 15 is 0 Å². The molecule has 1 N–H and O–H groups in total. The highest BCUT2D eigenvalue weighted by Gasteiger charge is 2.39. The van der Waals surface area contributed by atoms with E-state index in [1.165, 1.54) is 0 Å². The minimum atomic E-state index is -4.82. The van der Waals surface area contributed by atoms with Gasteiger partial charge in [-0.1, -0.05) is 6.92 Å².